The second-order valence-electron chi connectivity index (χ2n) is 13.6. The molecule has 5 atom stereocenters. The van der Waals surface area contributed by atoms with Crippen molar-refractivity contribution in [3.8, 4) is 5.75 Å². The van der Waals surface area contributed by atoms with Crippen LogP contribution in [-0.4, -0.2) is 121 Å². The van der Waals surface area contributed by atoms with Crippen molar-refractivity contribution in [1.82, 2.24) is 14.7 Å². The topological polar surface area (TPSA) is 121 Å². The molecule has 11 heteroatoms. The fourth-order valence-corrected chi connectivity index (χ4v) is 7.56. The Morgan fingerprint density at radius 3 is 2.41 bits per heavy atom. The Morgan fingerprint density at radius 1 is 0.941 bits per heavy atom. The zero-order valence-electron chi connectivity index (χ0n) is 29.5. The normalized spacial score (nSPS) is 21.4. The van der Waals surface area contributed by atoms with E-state index in [4.69, 9.17) is 18.9 Å². The van der Waals surface area contributed by atoms with E-state index in [-0.39, 0.29) is 31.3 Å². The minimum absolute atomic E-state index is 0.0246. The van der Waals surface area contributed by atoms with Gasteiger partial charge in [-0.1, -0.05) is 66.7 Å². The molecule has 3 aromatic carbocycles. The molecule has 2 heterocycles. The lowest BCUT2D eigenvalue weighted by atomic mass is 9.94. The average molecular weight is 702 g/mol. The van der Waals surface area contributed by atoms with Crippen molar-refractivity contribution in [2.75, 3.05) is 59.8 Å². The highest BCUT2D eigenvalue weighted by atomic mass is 16.5. The first-order valence-corrected chi connectivity index (χ1v) is 18.1. The van der Waals surface area contributed by atoms with Gasteiger partial charge in [-0.25, -0.2) is 4.79 Å². The smallest absolute Gasteiger partial charge is 0.410 e. The van der Waals surface area contributed by atoms with Gasteiger partial charge >= 0.3 is 6.09 Å². The number of carbonyl (C=O) groups excluding carboxylic acids is 2. The number of carbonyl (C=O) groups is 2. The maximum Gasteiger partial charge on any atom is 0.410 e. The third-order valence-corrected chi connectivity index (χ3v) is 10.3. The first kappa shape index (κ1) is 36.8. The number of morpholine rings is 1. The van der Waals surface area contributed by atoms with Gasteiger partial charge in [0.1, 0.15) is 12.4 Å². The van der Waals surface area contributed by atoms with Gasteiger partial charge in [0.05, 0.1) is 57.3 Å². The lowest BCUT2D eigenvalue weighted by Crippen LogP contribution is -2.53. The molecule has 1 unspecified atom stereocenters. The third kappa shape index (κ3) is 9.46. The number of rotatable bonds is 15. The first-order valence-electron chi connectivity index (χ1n) is 18.1. The van der Waals surface area contributed by atoms with Crippen LogP contribution in [0.1, 0.15) is 47.6 Å². The molecule has 1 aliphatic carbocycles. The van der Waals surface area contributed by atoms with Gasteiger partial charge in [-0.2, -0.15) is 0 Å². The maximum atomic E-state index is 14.3. The summed E-state index contributed by atoms with van der Waals surface area (Å²) in [5.41, 5.74) is 3.82. The third-order valence-electron chi connectivity index (χ3n) is 10.3. The van der Waals surface area contributed by atoms with Crippen molar-refractivity contribution in [1.29, 1.82) is 0 Å². The second-order valence-corrected chi connectivity index (χ2v) is 13.6. The molecule has 0 aromatic heterocycles. The van der Waals surface area contributed by atoms with E-state index >= 15 is 0 Å². The predicted molar refractivity (Wildman–Crippen MR) is 191 cm³/mol. The molecule has 274 valence electrons. The molecule has 2 fully saturated rings. The Balaban J connectivity index is 1.17. The number of methoxy groups -OCH3 is 1. The van der Waals surface area contributed by atoms with Crippen LogP contribution in [0.4, 0.5) is 4.79 Å². The van der Waals surface area contributed by atoms with Crippen molar-refractivity contribution >= 4 is 12.0 Å². The number of benzene rings is 3. The second kappa shape index (κ2) is 18.0. The van der Waals surface area contributed by atoms with Crippen molar-refractivity contribution < 1.29 is 38.7 Å². The van der Waals surface area contributed by atoms with Gasteiger partial charge in [0.25, 0.3) is 0 Å². The van der Waals surface area contributed by atoms with Crippen molar-refractivity contribution in [2.24, 2.45) is 0 Å². The summed E-state index contributed by atoms with van der Waals surface area (Å²) in [5.74, 6) is 0.569. The highest BCUT2D eigenvalue weighted by Gasteiger charge is 2.40. The minimum Gasteiger partial charge on any atom is -0.492 e. The molecule has 2 N–H and O–H groups in total. The first-order chi connectivity index (χ1) is 24.9. The molecule has 0 saturated carbocycles. The molecular weight excluding hydrogens is 650 g/mol. The van der Waals surface area contributed by atoms with Crippen molar-refractivity contribution in [2.45, 2.75) is 69.0 Å². The average Bonchev–Trinajstić information content (AvgIpc) is 3.81. The van der Waals surface area contributed by atoms with E-state index in [0.717, 1.165) is 60.9 Å². The zero-order valence-corrected chi connectivity index (χ0v) is 29.5. The van der Waals surface area contributed by atoms with E-state index in [1.807, 2.05) is 78.9 Å². The lowest BCUT2D eigenvalue weighted by Gasteiger charge is -2.38. The fourth-order valence-electron chi connectivity index (χ4n) is 7.56. The standard InChI is InChI=1S/C40H51N3O8/c1-48-40(47)43(32-17-21-50-28-32)35(25-29-7-3-2-4-8-29)36(44)15-16-38(46)42(39-34-10-6-5-9-31(34)26-37(39)45)27-30-11-13-33(14-12-30)51-24-20-41-18-22-49-23-19-41/h2-14,32,35-37,39,44-45H,15-28H2,1H3/t32?,35-,36-,37+,39-/m0/s1. The summed E-state index contributed by atoms with van der Waals surface area (Å²) in [6.45, 7) is 5.87. The predicted octanol–water partition coefficient (Wildman–Crippen LogP) is 3.99. The molecule has 2 aliphatic heterocycles. The maximum absolute atomic E-state index is 14.3. The molecule has 2 amide bonds. The van der Waals surface area contributed by atoms with Crippen LogP contribution in [0.25, 0.3) is 0 Å². The van der Waals surface area contributed by atoms with Crippen LogP contribution in [0, 0.1) is 0 Å². The summed E-state index contributed by atoms with van der Waals surface area (Å²) in [7, 11) is 1.34. The van der Waals surface area contributed by atoms with E-state index in [1.54, 1.807) is 9.80 Å². The summed E-state index contributed by atoms with van der Waals surface area (Å²) in [4.78, 5) is 33.1. The van der Waals surface area contributed by atoms with Gasteiger partial charge in [-0.05, 0) is 53.6 Å². The minimum atomic E-state index is -1.02. The van der Waals surface area contributed by atoms with Crippen LogP contribution < -0.4 is 4.74 Å². The van der Waals surface area contributed by atoms with E-state index in [1.165, 1.54) is 7.11 Å². The number of hydrogen-bond acceptors (Lipinski definition) is 9. The molecule has 0 bridgehead atoms. The Hall–Kier alpha value is -4.00. The summed E-state index contributed by atoms with van der Waals surface area (Å²) < 4.78 is 22.3. The van der Waals surface area contributed by atoms with Gasteiger partial charge in [0.2, 0.25) is 5.91 Å². The zero-order chi connectivity index (χ0) is 35.6. The number of amides is 2. The molecule has 51 heavy (non-hydrogen) atoms. The molecule has 6 rings (SSSR count). The van der Waals surface area contributed by atoms with Gasteiger partial charge in [0.15, 0.2) is 0 Å². The molecule has 0 radical (unpaired) electrons. The van der Waals surface area contributed by atoms with Crippen molar-refractivity contribution in [3.05, 3.63) is 101 Å². The largest absolute Gasteiger partial charge is 0.492 e. The SMILES string of the molecule is COC(=O)N(C1CCOC1)[C@@H](Cc1ccccc1)[C@@H](O)CCC(=O)N(Cc1ccc(OCCN2CCOCC2)cc1)[C@H]1c2ccccc2C[C@H]1O. The van der Waals surface area contributed by atoms with E-state index in [9.17, 15) is 19.8 Å². The number of aliphatic hydroxyl groups excluding tert-OH is 2. The molecule has 11 nitrogen and oxygen atoms in total. The number of fused-ring (bicyclic) bond motifs is 1. The van der Waals surface area contributed by atoms with Gasteiger partial charge in [-0.15, -0.1) is 0 Å². The summed E-state index contributed by atoms with van der Waals surface area (Å²) in [5, 5.41) is 23.1. The quantitative estimate of drug-likeness (QED) is 0.242. The number of nitrogens with zero attached hydrogens (tertiary/aromatic N) is 3. The molecular formula is C40H51N3O8. The Labute approximate surface area is 300 Å². The number of aliphatic hydroxyl groups is 2. The summed E-state index contributed by atoms with van der Waals surface area (Å²) >= 11 is 0. The fraction of sp³-hybridized carbons (Fsp3) is 0.500. The Kier molecular flexibility index (Phi) is 13.0. The highest BCUT2D eigenvalue weighted by Crippen LogP contribution is 2.38. The Bertz CT molecular complexity index is 1540. The van der Waals surface area contributed by atoms with Crippen LogP contribution in [-0.2, 0) is 38.4 Å². The molecule has 3 aromatic rings. The van der Waals surface area contributed by atoms with Crippen molar-refractivity contribution in [3.63, 3.8) is 0 Å². The number of ether oxygens (including phenoxy) is 4. The molecule has 0 spiro atoms. The van der Waals surface area contributed by atoms with Crippen LogP contribution in [0.2, 0.25) is 0 Å². The monoisotopic (exact) mass is 701 g/mol. The number of hydrogen-bond donors (Lipinski definition) is 2. The summed E-state index contributed by atoms with van der Waals surface area (Å²) in [6.07, 6.45) is -0.687. The highest BCUT2D eigenvalue weighted by molar-refractivity contribution is 5.77. The van der Waals surface area contributed by atoms with E-state index < -0.39 is 30.4 Å². The van der Waals surface area contributed by atoms with Gasteiger partial charge in [-0.3, -0.25) is 14.6 Å². The van der Waals surface area contributed by atoms with Gasteiger partial charge < -0.3 is 34.1 Å². The van der Waals surface area contributed by atoms with E-state index in [2.05, 4.69) is 4.90 Å². The Morgan fingerprint density at radius 2 is 1.69 bits per heavy atom. The summed E-state index contributed by atoms with van der Waals surface area (Å²) in [6, 6.07) is 23.9. The van der Waals surface area contributed by atoms with Crippen LogP contribution >= 0.6 is 0 Å². The van der Waals surface area contributed by atoms with Crippen LogP contribution in [0.3, 0.4) is 0 Å². The van der Waals surface area contributed by atoms with Gasteiger partial charge in [0, 0.05) is 45.6 Å². The van der Waals surface area contributed by atoms with E-state index in [0.29, 0.717) is 39.1 Å². The lowest BCUT2D eigenvalue weighted by molar-refractivity contribution is -0.137. The van der Waals surface area contributed by atoms with Crippen LogP contribution in [0.5, 0.6) is 5.75 Å². The molecule has 3 aliphatic rings. The van der Waals surface area contributed by atoms with Crippen LogP contribution in [0.15, 0.2) is 78.9 Å². The molecule has 2 saturated heterocycles.